The second-order valence-corrected chi connectivity index (χ2v) is 7.16. The number of benzene rings is 1. The zero-order valence-electron chi connectivity index (χ0n) is 13.0. The molecule has 0 aromatic heterocycles. The predicted molar refractivity (Wildman–Crippen MR) is 88.0 cm³/mol. The van der Waals surface area contributed by atoms with E-state index in [2.05, 4.69) is 43.1 Å². The van der Waals surface area contributed by atoms with Crippen LogP contribution < -0.4 is 0 Å². The molecule has 4 bridgehead atoms. The molecule has 3 fully saturated rings. The molecule has 5 rings (SSSR count). The number of aliphatic hydroxyl groups is 1. The maximum Gasteiger partial charge on any atom is 0.0474 e. The molecule has 5 atom stereocenters. The van der Waals surface area contributed by atoms with Crippen LogP contribution >= 0.6 is 12.4 Å². The second kappa shape index (κ2) is 5.26. The Morgan fingerprint density at radius 2 is 2.05 bits per heavy atom. The quantitative estimate of drug-likeness (QED) is 0.908. The third-order valence-electron chi connectivity index (χ3n) is 6.74. The lowest BCUT2D eigenvalue weighted by molar-refractivity contribution is -0.106. The average Bonchev–Trinajstić information content (AvgIpc) is 2.50. The predicted octanol–water partition coefficient (Wildman–Crippen LogP) is 3.01. The molecule has 116 valence electrons. The van der Waals surface area contributed by atoms with Gasteiger partial charge in [-0.25, -0.2) is 0 Å². The van der Waals surface area contributed by atoms with Gasteiger partial charge < -0.3 is 5.11 Å². The molecule has 1 saturated carbocycles. The summed E-state index contributed by atoms with van der Waals surface area (Å²) in [5.74, 6) is 1.22. The number of hydrogen-bond donors (Lipinski definition) is 1. The van der Waals surface area contributed by atoms with E-state index in [1.54, 1.807) is 11.1 Å². The van der Waals surface area contributed by atoms with E-state index in [1.165, 1.54) is 25.7 Å². The molecular formula is C18H26ClNO. The van der Waals surface area contributed by atoms with Crippen LogP contribution in [0.2, 0.25) is 0 Å². The molecule has 1 aromatic carbocycles. The first-order valence-corrected chi connectivity index (χ1v) is 8.12. The first-order valence-electron chi connectivity index (χ1n) is 8.12. The summed E-state index contributed by atoms with van der Waals surface area (Å²) in [6.07, 6.45) is 4.91. The van der Waals surface area contributed by atoms with Crippen LogP contribution in [0.15, 0.2) is 24.3 Å². The zero-order chi connectivity index (χ0) is 13.9. The number of fused-ring (bicyclic) bond motifs is 2. The molecule has 3 heteroatoms. The summed E-state index contributed by atoms with van der Waals surface area (Å²) in [4.78, 5) is 2.60. The van der Waals surface area contributed by atoms with E-state index in [4.69, 9.17) is 0 Å². The van der Waals surface area contributed by atoms with Gasteiger partial charge in [0.25, 0.3) is 0 Å². The maximum absolute atomic E-state index is 9.72. The lowest BCUT2D eigenvalue weighted by Crippen LogP contribution is -2.68. The van der Waals surface area contributed by atoms with E-state index >= 15 is 0 Å². The molecule has 1 N–H and O–H groups in total. The molecule has 5 unspecified atom stereocenters. The Balaban J connectivity index is 0.00000132. The fraction of sp³-hybridized carbons (Fsp3) is 0.667. The van der Waals surface area contributed by atoms with E-state index in [1.807, 2.05) is 0 Å². The SMILES string of the molecule is CCC12CC3C(CO)CC1C(Cc1ccccc12)N3C.Cl. The van der Waals surface area contributed by atoms with Crippen LogP contribution in [0.3, 0.4) is 0 Å². The summed E-state index contributed by atoms with van der Waals surface area (Å²) in [6, 6.07) is 10.4. The van der Waals surface area contributed by atoms with Gasteiger partial charge in [0, 0.05) is 24.1 Å². The van der Waals surface area contributed by atoms with Gasteiger partial charge in [-0.1, -0.05) is 31.2 Å². The summed E-state index contributed by atoms with van der Waals surface area (Å²) in [6.45, 7) is 2.73. The molecule has 4 aliphatic rings. The molecule has 2 saturated heterocycles. The van der Waals surface area contributed by atoms with Crippen molar-refractivity contribution in [2.24, 2.45) is 11.8 Å². The van der Waals surface area contributed by atoms with Crippen LogP contribution in [0, 0.1) is 11.8 Å². The van der Waals surface area contributed by atoms with Crippen LogP contribution in [0.25, 0.3) is 0 Å². The monoisotopic (exact) mass is 307 g/mol. The van der Waals surface area contributed by atoms with Gasteiger partial charge in [-0.3, -0.25) is 4.90 Å². The number of rotatable bonds is 2. The number of nitrogens with zero attached hydrogens (tertiary/aromatic N) is 1. The third kappa shape index (κ3) is 1.85. The topological polar surface area (TPSA) is 23.5 Å². The van der Waals surface area contributed by atoms with E-state index in [-0.39, 0.29) is 12.4 Å². The molecule has 0 spiro atoms. The van der Waals surface area contributed by atoms with Gasteiger partial charge in [0.05, 0.1) is 0 Å². The Labute approximate surface area is 134 Å². The minimum atomic E-state index is 0. The Morgan fingerprint density at radius 3 is 2.76 bits per heavy atom. The highest BCUT2D eigenvalue weighted by atomic mass is 35.5. The first-order chi connectivity index (χ1) is 9.71. The van der Waals surface area contributed by atoms with E-state index in [9.17, 15) is 5.11 Å². The molecule has 0 radical (unpaired) electrons. The summed E-state index contributed by atoms with van der Waals surface area (Å²) < 4.78 is 0. The third-order valence-corrected chi connectivity index (χ3v) is 6.74. The van der Waals surface area contributed by atoms with Gasteiger partial charge in [0.2, 0.25) is 0 Å². The highest BCUT2D eigenvalue weighted by molar-refractivity contribution is 5.85. The summed E-state index contributed by atoms with van der Waals surface area (Å²) in [7, 11) is 2.29. The highest BCUT2D eigenvalue weighted by Crippen LogP contribution is 2.59. The van der Waals surface area contributed by atoms with Crippen LogP contribution in [0.4, 0.5) is 0 Å². The number of halogens is 1. The highest BCUT2D eigenvalue weighted by Gasteiger charge is 2.59. The molecule has 0 amide bonds. The molecule has 21 heavy (non-hydrogen) atoms. The summed E-state index contributed by atoms with van der Waals surface area (Å²) in [5, 5.41) is 9.72. The molecule has 1 aromatic rings. The van der Waals surface area contributed by atoms with Gasteiger partial charge in [-0.05, 0) is 55.7 Å². The number of hydrogen-bond acceptors (Lipinski definition) is 2. The standard InChI is InChI=1S/C18H25NO.ClH/c1-3-18-10-17-13(11-20)8-15(18)16(19(17)2)9-12-6-4-5-7-14(12)18;/h4-7,13,15-17,20H,3,8-11H2,1-2H3;1H. The molecule has 2 heterocycles. The Hall–Kier alpha value is -0.570. The Bertz CT molecular complexity index is 534. The van der Waals surface area contributed by atoms with Crippen molar-refractivity contribution >= 4 is 12.4 Å². The first kappa shape index (κ1) is 15.3. The minimum absolute atomic E-state index is 0. The van der Waals surface area contributed by atoms with Crippen molar-refractivity contribution in [1.82, 2.24) is 4.90 Å². The number of likely N-dealkylation sites (N-methyl/N-ethyl adjacent to an activating group) is 1. The van der Waals surface area contributed by atoms with Crippen LogP contribution in [0.5, 0.6) is 0 Å². The van der Waals surface area contributed by atoms with Gasteiger partial charge in [-0.15, -0.1) is 12.4 Å². The van der Waals surface area contributed by atoms with Crippen LogP contribution in [-0.2, 0) is 11.8 Å². The lowest BCUT2D eigenvalue weighted by atomic mass is 9.48. The van der Waals surface area contributed by atoms with Crippen LogP contribution in [-0.4, -0.2) is 35.7 Å². The van der Waals surface area contributed by atoms with E-state index < -0.39 is 0 Å². The Kier molecular flexibility index (Phi) is 3.84. The van der Waals surface area contributed by atoms with Crippen molar-refractivity contribution < 1.29 is 5.11 Å². The molecule has 2 nitrogen and oxygen atoms in total. The van der Waals surface area contributed by atoms with Crippen molar-refractivity contribution in [2.45, 2.75) is 50.1 Å². The van der Waals surface area contributed by atoms with E-state index in [0.717, 1.165) is 5.92 Å². The minimum Gasteiger partial charge on any atom is -0.396 e. The largest absolute Gasteiger partial charge is 0.396 e. The Morgan fingerprint density at radius 1 is 1.29 bits per heavy atom. The maximum atomic E-state index is 9.72. The second-order valence-electron chi connectivity index (χ2n) is 7.16. The fourth-order valence-corrected chi connectivity index (χ4v) is 5.73. The summed E-state index contributed by atoms with van der Waals surface area (Å²) in [5.41, 5.74) is 3.57. The average molecular weight is 308 g/mol. The van der Waals surface area contributed by atoms with Crippen molar-refractivity contribution in [1.29, 1.82) is 0 Å². The molecular weight excluding hydrogens is 282 g/mol. The fourth-order valence-electron chi connectivity index (χ4n) is 5.73. The number of piperidine rings is 2. The molecule has 2 aliphatic carbocycles. The van der Waals surface area contributed by atoms with E-state index in [0.29, 0.717) is 30.0 Å². The molecule has 2 aliphatic heterocycles. The number of aliphatic hydroxyl groups excluding tert-OH is 1. The normalized spacial score (nSPS) is 40.5. The smallest absolute Gasteiger partial charge is 0.0474 e. The van der Waals surface area contributed by atoms with Gasteiger partial charge in [0.15, 0.2) is 0 Å². The van der Waals surface area contributed by atoms with Gasteiger partial charge in [-0.2, -0.15) is 0 Å². The van der Waals surface area contributed by atoms with Gasteiger partial charge in [0.1, 0.15) is 0 Å². The van der Waals surface area contributed by atoms with Crippen molar-refractivity contribution in [3.63, 3.8) is 0 Å². The summed E-state index contributed by atoms with van der Waals surface area (Å²) >= 11 is 0. The van der Waals surface area contributed by atoms with Crippen molar-refractivity contribution in [3.05, 3.63) is 35.4 Å². The van der Waals surface area contributed by atoms with Crippen LogP contribution in [0.1, 0.15) is 37.3 Å². The van der Waals surface area contributed by atoms with Crippen molar-refractivity contribution in [2.75, 3.05) is 13.7 Å². The zero-order valence-corrected chi connectivity index (χ0v) is 13.8. The van der Waals surface area contributed by atoms with Gasteiger partial charge >= 0.3 is 0 Å². The lowest BCUT2D eigenvalue weighted by Gasteiger charge is -2.65. The van der Waals surface area contributed by atoms with Crippen molar-refractivity contribution in [3.8, 4) is 0 Å².